The van der Waals surface area contributed by atoms with Gasteiger partial charge in [0.25, 0.3) is 0 Å². The summed E-state index contributed by atoms with van der Waals surface area (Å²) in [6.45, 7) is 5.31. The normalized spacial score (nSPS) is 13.3. The topological polar surface area (TPSA) is 56.3 Å². The van der Waals surface area contributed by atoms with E-state index in [1.165, 1.54) is 5.56 Å². The zero-order valence-corrected chi connectivity index (χ0v) is 10.4. The summed E-state index contributed by atoms with van der Waals surface area (Å²) < 4.78 is 6.91. The fourth-order valence-electron chi connectivity index (χ4n) is 1.85. The van der Waals surface area contributed by atoms with Crippen molar-refractivity contribution in [1.29, 1.82) is 0 Å². The molecule has 5 nitrogen and oxygen atoms in total. The van der Waals surface area contributed by atoms with E-state index in [-0.39, 0.29) is 6.04 Å². The maximum absolute atomic E-state index is 5.84. The Kier molecular flexibility index (Phi) is 5.45. The largest absolute Gasteiger partial charge is 0.383 e. The van der Waals surface area contributed by atoms with E-state index in [0.29, 0.717) is 6.54 Å². The summed E-state index contributed by atoms with van der Waals surface area (Å²) in [6, 6.07) is 0.230. The summed E-state index contributed by atoms with van der Waals surface area (Å²) in [4.78, 5) is 2.31. The molecule has 0 spiro atoms. The molecule has 0 amide bonds. The van der Waals surface area contributed by atoms with E-state index in [1.54, 1.807) is 7.11 Å². The van der Waals surface area contributed by atoms with E-state index >= 15 is 0 Å². The molecule has 1 unspecified atom stereocenters. The van der Waals surface area contributed by atoms with E-state index in [2.05, 4.69) is 16.9 Å². The van der Waals surface area contributed by atoms with Crippen LogP contribution in [0.15, 0.2) is 12.4 Å². The van der Waals surface area contributed by atoms with Gasteiger partial charge < -0.3 is 10.5 Å². The van der Waals surface area contributed by atoms with Gasteiger partial charge in [-0.25, -0.2) is 0 Å². The van der Waals surface area contributed by atoms with Crippen LogP contribution in [0, 0.1) is 0 Å². The van der Waals surface area contributed by atoms with Crippen molar-refractivity contribution in [2.24, 2.45) is 12.8 Å². The predicted octanol–water partition coefficient (Wildman–Crippen LogP) is 0.388. The van der Waals surface area contributed by atoms with Crippen LogP contribution < -0.4 is 5.73 Å². The molecule has 0 fully saturated rings. The van der Waals surface area contributed by atoms with Gasteiger partial charge >= 0.3 is 0 Å². The van der Waals surface area contributed by atoms with Crippen molar-refractivity contribution in [3.8, 4) is 0 Å². The minimum atomic E-state index is 0.230. The molecule has 0 bridgehead atoms. The SMILES string of the molecule is CCN(CCOC)C(CN)c1cnn(C)c1. The van der Waals surface area contributed by atoms with Gasteiger partial charge in [0.05, 0.1) is 18.8 Å². The number of ether oxygens (including phenoxy) is 1. The Morgan fingerprint density at radius 1 is 1.62 bits per heavy atom. The summed E-state index contributed by atoms with van der Waals surface area (Å²) in [5, 5.41) is 4.19. The highest BCUT2D eigenvalue weighted by atomic mass is 16.5. The molecule has 1 rings (SSSR count). The number of aromatic nitrogens is 2. The first-order valence-corrected chi connectivity index (χ1v) is 5.64. The van der Waals surface area contributed by atoms with Crippen LogP contribution in [0.3, 0.4) is 0 Å². The van der Waals surface area contributed by atoms with Crippen LogP contribution in [0.25, 0.3) is 0 Å². The molecule has 92 valence electrons. The van der Waals surface area contributed by atoms with Gasteiger partial charge in [0.15, 0.2) is 0 Å². The Morgan fingerprint density at radius 2 is 2.38 bits per heavy atom. The van der Waals surface area contributed by atoms with Crippen LogP contribution in [0.1, 0.15) is 18.5 Å². The predicted molar refractivity (Wildman–Crippen MR) is 64.1 cm³/mol. The summed E-state index contributed by atoms with van der Waals surface area (Å²) in [6.07, 6.45) is 3.90. The summed E-state index contributed by atoms with van der Waals surface area (Å²) >= 11 is 0. The van der Waals surface area contributed by atoms with Crippen LogP contribution in [-0.4, -0.2) is 48.0 Å². The molecular formula is C11H22N4O. The standard InChI is InChI=1S/C11H22N4O/c1-4-15(5-6-16-3)11(7-12)10-8-13-14(2)9-10/h8-9,11H,4-7,12H2,1-3H3. The number of nitrogens with zero attached hydrogens (tertiary/aromatic N) is 3. The van der Waals surface area contributed by atoms with E-state index in [4.69, 9.17) is 10.5 Å². The van der Waals surface area contributed by atoms with Gasteiger partial charge in [-0.1, -0.05) is 6.92 Å². The van der Waals surface area contributed by atoms with Crippen LogP contribution >= 0.6 is 0 Å². The van der Waals surface area contributed by atoms with Crippen molar-refractivity contribution in [3.05, 3.63) is 18.0 Å². The first-order chi connectivity index (χ1) is 7.72. The van der Waals surface area contributed by atoms with Crippen molar-refractivity contribution >= 4 is 0 Å². The molecule has 1 aromatic rings. The number of likely N-dealkylation sites (N-methyl/N-ethyl adjacent to an activating group) is 1. The monoisotopic (exact) mass is 226 g/mol. The lowest BCUT2D eigenvalue weighted by atomic mass is 10.1. The highest BCUT2D eigenvalue weighted by molar-refractivity contribution is 5.11. The Bertz CT molecular complexity index is 300. The van der Waals surface area contributed by atoms with Gasteiger partial charge in [0, 0.05) is 39.0 Å². The lowest BCUT2D eigenvalue weighted by Crippen LogP contribution is -2.35. The maximum Gasteiger partial charge on any atom is 0.0589 e. The number of rotatable bonds is 7. The second-order valence-corrected chi connectivity index (χ2v) is 3.82. The number of hydrogen-bond donors (Lipinski definition) is 1. The first-order valence-electron chi connectivity index (χ1n) is 5.64. The highest BCUT2D eigenvalue weighted by Gasteiger charge is 2.18. The summed E-state index contributed by atoms with van der Waals surface area (Å²) in [7, 11) is 3.64. The number of methoxy groups -OCH3 is 1. The average molecular weight is 226 g/mol. The van der Waals surface area contributed by atoms with Gasteiger partial charge in [-0.15, -0.1) is 0 Å². The highest BCUT2D eigenvalue weighted by Crippen LogP contribution is 2.18. The van der Waals surface area contributed by atoms with Gasteiger partial charge in [0.1, 0.15) is 0 Å². The molecule has 1 heterocycles. The third kappa shape index (κ3) is 3.30. The molecule has 16 heavy (non-hydrogen) atoms. The minimum absolute atomic E-state index is 0.230. The zero-order chi connectivity index (χ0) is 12.0. The van der Waals surface area contributed by atoms with Gasteiger partial charge in [-0.3, -0.25) is 9.58 Å². The average Bonchev–Trinajstić information content (AvgIpc) is 2.70. The third-order valence-electron chi connectivity index (χ3n) is 2.76. The van der Waals surface area contributed by atoms with Crippen molar-refractivity contribution in [1.82, 2.24) is 14.7 Å². The van der Waals surface area contributed by atoms with Gasteiger partial charge in [0.2, 0.25) is 0 Å². The Balaban J connectivity index is 2.70. The van der Waals surface area contributed by atoms with Crippen LogP contribution in [0.4, 0.5) is 0 Å². The number of hydrogen-bond acceptors (Lipinski definition) is 4. The molecule has 0 radical (unpaired) electrons. The van der Waals surface area contributed by atoms with E-state index in [0.717, 1.165) is 19.7 Å². The Hall–Kier alpha value is -0.910. The van der Waals surface area contributed by atoms with E-state index in [9.17, 15) is 0 Å². The molecule has 2 N–H and O–H groups in total. The second kappa shape index (κ2) is 6.62. The Morgan fingerprint density at radius 3 is 2.81 bits per heavy atom. The molecule has 1 atom stereocenters. The molecule has 0 aliphatic rings. The van der Waals surface area contributed by atoms with Gasteiger partial charge in [-0.2, -0.15) is 5.10 Å². The number of aryl methyl sites for hydroxylation is 1. The van der Waals surface area contributed by atoms with Crippen LogP contribution in [-0.2, 0) is 11.8 Å². The zero-order valence-electron chi connectivity index (χ0n) is 10.4. The van der Waals surface area contributed by atoms with Crippen molar-refractivity contribution in [3.63, 3.8) is 0 Å². The molecule has 5 heteroatoms. The third-order valence-corrected chi connectivity index (χ3v) is 2.76. The fraction of sp³-hybridized carbons (Fsp3) is 0.727. The Labute approximate surface area is 97.2 Å². The van der Waals surface area contributed by atoms with Crippen molar-refractivity contribution < 1.29 is 4.74 Å². The van der Waals surface area contributed by atoms with Crippen molar-refractivity contribution in [2.45, 2.75) is 13.0 Å². The fourth-order valence-corrected chi connectivity index (χ4v) is 1.85. The van der Waals surface area contributed by atoms with Gasteiger partial charge in [-0.05, 0) is 6.54 Å². The number of nitrogens with two attached hydrogens (primary N) is 1. The summed E-state index contributed by atoms with van der Waals surface area (Å²) in [5.41, 5.74) is 7.01. The van der Waals surface area contributed by atoms with E-state index in [1.807, 2.05) is 24.1 Å². The molecular weight excluding hydrogens is 204 g/mol. The molecule has 0 saturated heterocycles. The van der Waals surface area contributed by atoms with E-state index < -0.39 is 0 Å². The lowest BCUT2D eigenvalue weighted by molar-refractivity contribution is 0.125. The van der Waals surface area contributed by atoms with Crippen molar-refractivity contribution in [2.75, 3.05) is 33.4 Å². The minimum Gasteiger partial charge on any atom is -0.383 e. The smallest absolute Gasteiger partial charge is 0.0589 e. The second-order valence-electron chi connectivity index (χ2n) is 3.82. The lowest BCUT2D eigenvalue weighted by Gasteiger charge is -2.28. The molecule has 1 aromatic heterocycles. The maximum atomic E-state index is 5.84. The molecule has 0 aromatic carbocycles. The van der Waals surface area contributed by atoms with Crippen LogP contribution in [0.2, 0.25) is 0 Å². The molecule has 0 aliphatic heterocycles. The molecule has 0 aliphatic carbocycles. The summed E-state index contributed by atoms with van der Waals surface area (Å²) in [5.74, 6) is 0. The molecule has 0 saturated carbocycles. The quantitative estimate of drug-likeness (QED) is 0.730. The van der Waals surface area contributed by atoms with Crippen LogP contribution in [0.5, 0.6) is 0 Å². The first kappa shape index (κ1) is 13.2.